The Hall–Kier alpha value is -2.91. The SMILES string of the molecule is Clc1ccc(-c2c(-c3ccccc3)c3sc(Br)c(C4=CCC(C5C=CCCC5)C=C4)c3c3ccccc23)cc1. The van der Waals surface area contributed by atoms with Gasteiger partial charge in [-0.05, 0) is 98.6 Å². The van der Waals surface area contributed by atoms with Gasteiger partial charge >= 0.3 is 0 Å². The summed E-state index contributed by atoms with van der Waals surface area (Å²) in [6, 6.07) is 28.0. The Labute approximate surface area is 247 Å². The average Bonchev–Trinajstić information content (AvgIpc) is 3.34. The molecule has 1 aromatic heterocycles. The zero-order chi connectivity index (χ0) is 26.3. The van der Waals surface area contributed by atoms with Gasteiger partial charge in [0.2, 0.25) is 0 Å². The lowest BCUT2D eigenvalue weighted by molar-refractivity contribution is 0.422. The van der Waals surface area contributed by atoms with Crippen LogP contribution in [-0.4, -0.2) is 0 Å². The number of hydrogen-bond acceptors (Lipinski definition) is 1. The number of hydrogen-bond donors (Lipinski definition) is 0. The summed E-state index contributed by atoms with van der Waals surface area (Å²) in [6.07, 6.45) is 17.1. The number of thiophene rings is 1. The molecule has 4 aromatic carbocycles. The fraction of sp³-hybridized carbons (Fsp3) is 0.167. The van der Waals surface area contributed by atoms with Crippen LogP contribution in [0, 0.1) is 11.8 Å². The Morgan fingerprint density at radius 1 is 0.744 bits per heavy atom. The number of halogens is 2. The summed E-state index contributed by atoms with van der Waals surface area (Å²) >= 11 is 12.2. The Kier molecular flexibility index (Phi) is 6.80. The van der Waals surface area contributed by atoms with Crippen LogP contribution in [0.4, 0.5) is 0 Å². The van der Waals surface area contributed by atoms with Gasteiger partial charge in [-0.15, -0.1) is 11.3 Å². The minimum Gasteiger partial charge on any atom is -0.127 e. The molecule has 0 fully saturated rings. The molecule has 0 amide bonds. The van der Waals surface area contributed by atoms with Gasteiger partial charge in [0, 0.05) is 26.2 Å². The summed E-state index contributed by atoms with van der Waals surface area (Å²) in [5.74, 6) is 1.27. The minimum absolute atomic E-state index is 0.599. The van der Waals surface area contributed by atoms with Crippen LogP contribution < -0.4 is 0 Å². The highest BCUT2D eigenvalue weighted by molar-refractivity contribution is 9.11. The van der Waals surface area contributed by atoms with E-state index in [0.717, 1.165) is 11.4 Å². The van der Waals surface area contributed by atoms with Crippen molar-refractivity contribution in [2.75, 3.05) is 0 Å². The lowest BCUT2D eigenvalue weighted by atomic mass is 9.79. The quantitative estimate of drug-likeness (QED) is 0.178. The lowest BCUT2D eigenvalue weighted by Crippen LogP contribution is -2.13. The first kappa shape index (κ1) is 25.1. The fourth-order valence-electron chi connectivity index (χ4n) is 6.39. The molecule has 2 atom stereocenters. The monoisotopic (exact) mass is 606 g/mol. The van der Waals surface area contributed by atoms with Crippen molar-refractivity contribution in [2.24, 2.45) is 11.8 Å². The van der Waals surface area contributed by atoms with Gasteiger partial charge in [-0.2, -0.15) is 0 Å². The molecule has 0 aliphatic heterocycles. The summed E-state index contributed by atoms with van der Waals surface area (Å²) < 4.78 is 2.51. The van der Waals surface area contributed by atoms with Crippen molar-refractivity contribution in [3.63, 3.8) is 0 Å². The summed E-state index contributed by atoms with van der Waals surface area (Å²) in [5, 5.41) is 4.65. The van der Waals surface area contributed by atoms with Crippen molar-refractivity contribution >= 4 is 65.3 Å². The summed E-state index contributed by atoms with van der Waals surface area (Å²) in [6.45, 7) is 0. The van der Waals surface area contributed by atoms with Gasteiger partial charge in [0.25, 0.3) is 0 Å². The predicted octanol–water partition coefficient (Wildman–Crippen LogP) is 12.1. The molecule has 2 aliphatic carbocycles. The molecule has 0 saturated heterocycles. The maximum Gasteiger partial charge on any atom is 0.0789 e. The highest BCUT2D eigenvalue weighted by Gasteiger charge is 2.26. The third-order valence-corrected chi connectivity index (χ3v) is 10.4. The van der Waals surface area contributed by atoms with E-state index in [1.54, 1.807) is 0 Å². The van der Waals surface area contributed by atoms with Crippen LogP contribution >= 0.6 is 38.9 Å². The highest BCUT2D eigenvalue weighted by atomic mass is 79.9. The van der Waals surface area contributed by atoms with E-state index >= 15 is 0 Å². The van der Waals surface area contributed by atoms with E-state index in [1.807, 2.05) is 23.5 Å². The van der Waals surface area contributed by atoms with Crippen molar-refractivity contribution in [3.8, 4) is 22.3 Å². The summed E-state index contributed by atoms with van der Waals surface area (Å²) in [5.41, 5.74) is 7.61. The first-order chi connectivity index (χ1) is 19.2. The molecule has 0 bridgehead atoms. The van der Waals surface area contributed by atoms with E-state index in [0.29, 0.717) is 11.8 Å². The molecule has 7 rings (SSSR count). The maximum atomic E-state index is 6.32. The number of rotatable bonds is 4. The minimum atomic E-state index is 0.599. The van der Waals surface area contributed by atoms with E-state index in [9.17, 15) is 0 Å². The molecule has 0 spiro atoms. The van der Waals surface area contributed by atoms with Gasteiger partial charge in [0.05, 0.1) is 3.79 Å². The van der Waals surface area contributed by atoms with Crippen LogP contribution in [0.3, 0.4) is 0 Å². The zero-order valence-corrected chi connectivity index (χ0v) is 24.7. The first-order valence-corrected chi connectivity index (χ1v) is 15.7. The largest absolute Gasteiger partial charge is 0.127 e. The molecule has 5 aromatic rings. The lowest BCUT2D eigenvalue weighted by Gasteiger charge is -2.26. The standard InChI is InChI=1S/C36H28BrClS/c37-36-33(27-17-15-24(16-18-27)23-9-3-1-4-10-23)34-30-14-8-7-13-29(30)31(26-19-21-28(38)22-20-26)32(35(34)39-36)25-11-5-2-6-12-25/h2-3,5-9,11-15,17-24H,1,4,10,16H2. The fourth-order valence-corrected chi connectivity index (χ4v) is 8.57. The molecule has 0 nitrogen and oxygen atoms in total. The van der Waals surface area contributed by atoms with Gasteiger partial charge < -0.3 is 0 Å². The predicted molar refractivity (Wildman–Crippen MR) is 175 cm³/mol. The Morgan fingerprint density at radius 2 is 1.49 bits per heavy atom. The second kappa shape index (κ2) is 10.6. The molecule has 0 radical (unpaired) electrons. The van der Waals surface area contributed by atoms with Crippen molar-refractivity contribution in [2.45, 2.75) is 25.7 Å². The van der Waals surface area contributed by atoms with E-state index in [-0.39, 0.29) is 0 Å². The molecule has 1 heterocycles. The molecular weight excluding hydrogens is 580 g/mol. The normalized spacial score (nSPS) is 19.1. The maximum absolute atomic E-state index is 6.32. The van der Waals surface area contributed by atoms with Crippen LogP contribution in [0.2, 0.25) is 5.02 Å². The molecule has 0 N–H and O–H groups in total. The van der Waals surface area contributed by atoms with E-state index < -0.39 is 0 Å². The smallest absolute Gasteiger partial charge is 0.0789 e. The van der Waals surface area contributed by atoms with Crippen molar-refractivity contribution in [1.29, 1.82) is 0 Å². The molecule has 0 saturated carbocycles. The van der Waals surface area contributed by atoms with Gasteiger partial charge in [-0.1, -0.05) is 109 Å². The van der Waals surface area contributed by atoms with Gasteiger partial charge in [-0.3, -0.25) is 0 Å². The molecule has 2 aliphatic rings. The van der Waals surface area contributed by atoms with Gasteiger partial charge in [0.1, 0.15) is 0 Å². The van der Waals surface area contributed by atoms with E-state index in [1.165, 1.54) is 77.3 Å². The van der Waals surface area contributed by atoms with Crippen LogP contribution in [0.5, 0.6) is 0 Å². The molecule has 39 heavy (non-hydrogen) atoms. The summed E-state index contributed by atoms with van der Waals surface area (Å²) in [4.78, 5) is 0. The third kappa shape index (κ3) is 4.53. The van der Waals surface area contributed by atoms with Crippen LogP contribution in [0.15, 0.2) is 113 Å². The first-order valence-electron chi connectivity index (χ1n) is 13.7. The van der Waals surface area contributed by atoms with E-state index in [2.05, 4.69) is 113 Å². The summed E-state index contributed by atoms with van der Waals surface area (Å²) in [7, 11) is 0. The number of allylic oxidation sites excluding steroid dienone is 6. The highest BCUT2D eigenvalue weighted by Crippen LogP contribution is 2.52. The zero-order valence-electron chi connectivity index (χ0n) is 21.5. The second-order valence-corrected chi connectivity index (χ2v) is 13.3. The van der Waals surface area contributed by atoms with Gasteiger partial charge in [0.15, 0.2) is 0 Å². The molecular formula is C36H28BrClS. The topological polar surface area (TPSA) is 0 Å². The second-order valence-electron chi connectivity index (χ2n) is 10.6. The van der Waals surface area contributed by atoms with E-state index in [4.69, 9.17) is 11.6 Å². The third-order valence-electron chi connectivity index (χ3n) is 8.27. The number of fused-ring (bicyclic) bond motifs is 3. The Morgan fingerprint density at radius 3 is 2.21 bits per heavy atom. The van der Waals surface area contributed by atoms with Gasteiger partial charge in [-0.25, -0.2) is 0 Å². The van der Waals surface area contributed by atoms with Crippen LogP contribution in [0.1, 0.15) is 31.2 Å². The number of benzene rings is 4. The average molecular weight is 608 g/mol. The van der Waals surface area contributed by atoms with Crippen molar-refractivity contribution in [3.05, 3.63) is 124 Å². The van der Waals surface area contributed by atoms with Crippen molar-refractivity contribution < 1.29 is 0 Å². The van der Waals surface area contributed by atoms with Crippen molar-refractivity contribution in [1.82, 2.24) is 0 Å². The molecule has 3 heteroatoms. The Bertz CT molecular complexity index is 1770. The molecule has 192 valence electrons. The Balaban J connectivity index is 1.49. The van der Waals surface area contributed by atoms with Crippen LogP contribution in [0.25, 0.3) is 48.7 Å². The molecule has 2 unspecified atom stereocenters. The van der Waals surface area contributed by atoms with Crippen LogP contribution in [-0.2, 0) is 0 Å².